The number of ether oxygens (including phenoxy) is 1. The Kier molecular flexibility index (Phi) is 2.69. The van der Waals surface area contributed by atoms with Gasteiger partial charge in [-0.15, -0.1) is 0 Å². The zero-order valence-corrected chi connectivity index (χ0v) is 7.09. The molecule has 0 heterocycles. The fraction of sp³-hybridized carbons (Fsp3) is 0.667. The number of esters is 1. The molecule has 0 radical (unpaired) electrons. The SMILES string of the molecule is CC(=O)OC1CC=C(C)CC1. The first-order valence-electron chi connectivity index (χ1n) is 4.01. The molecule has 2 nitrogen and oxygen atoms in total. The van der Waals surface area contributed by atoms with E-state index in [1.165, 1.54) is 12.5 Å². The molecule has 0 aromatic heterocycles. The average Bonchev–Trinajstić information content (AvgIpc) is 1.93. The van der Waals surface area contributed by atoms with Crippen LogP contribution in [0.3, 0.4) is 0 Å². The second-order valence-corrected chi connectivity index (χ2v) is 3.06. The maximum absolute atomic E-state index is 10.6. The van der Waals surface area contributed by atoms with Gasteiger partial charge < -0.3 is 4.74 Å². The van der Waals surface area contributed by atoms with Gasteiger partial charge in [-0.3, -0.25) is 4.79 Å². The minimum atomic E-state index is -0.164. The van der Waals surface area contributed by atoms with Crippen LogP contribution in [0.2, 0.25) is 0 Å². The maximum atomic E-state index is 10.6. The van der Waals surface area contributed by atoms with Crippen molar-refractivity contribution in [2.24, 2.45) is 0 Å². The summed E-state index contributed by atoms with van der Waals surface area (Å²) in [4.78, 5) is 10.6. The number of carbonyl (C=O) groups is 1. The first kappa shape index (κ1) is 8.31. The predicted molar refractivity (Wildman–Crippen MR) is 43.2 cm³/mol. The van der Waals surface area contributed by atoms with Crippen molar-refractivity contribution in [2.45, 2.75) is 39.2 Å². The molecule has 0 fully saturated rings. The van der Waals surface area contributed by atoms with Gasteiger partial charge in [-0.05, 0) is 19.8 Å². The molecule has 0 bridgehead atoms. The molecule has 0 aromatic rings. The predicted octanol–water partition coefficient (Wildman–Crippen LogP) is 2.05. The lowest BCUT2D eigenvalue weighted by atomic mass is 9.98. The van der Waals surface area contributed by atoms with Gasteiger partial charge in [0, 0.05) is 13.3 Å². The zero-order valence-electron chi connectivity index (χ0n) is 7.09. The third-order valence-electron chi connectivity index (χ3n) is 1.92. The third-order valence-corrected chi connectivity index (χ3v) is 1.92. The van der Waals surface area contributed by atoms with Gasteiger partial charge in [-0.25, -0.2) is 0 Å². The van der Waals surface area contributed by atoms with E-state index >= 15 is 0 Å². The Morgan fingerprint density at radius 1 is 1.73 bits per heavy atom. The molecule has 0 saturated carbocycles. The summed E-state index contributed by atoms with van der Waals surface area (Å²) in [5, 5.41) is 0. The number of hydrogen-bond acceptors (Lipinski definition) is 2. The lowest BCUT2D eigenvalue weighted by molar-refractivity contribution is -0.146. The molecule has 0 N–H and O–H groups in total. The lowest BCUT2D eigenvalue weighted by Gasteiger charge is -2.19. The van der Waals surface area contributed by atoms with E-state index in [2.05, 4.69) is 13.0 Å². The zero-order chi connectivity index (χ0) is 8.27. The second-order valence-electron chi connectivity index (χ2n) is 3.06. The highest BCUT2D eigenvalue weighted by atomic mass is 16.5. The van der Waals surface area contributed by atoms with Crippen LogP contribution in [-0.2, 0) is 9.53 Å². The van der Waals surface area contributed by atoms with E-state index in [1.807, 2.05) is 0 Å². The fourth-order valence-corrected chi connectivity index (χ4v) is 1.28. The lowest BCUT2D eigenvalue weighted by Crippen LogP contribution is -2.17. The Morgan fingerprint density at radius 3 is 2.91 bits per heavy atom. The molecule has 1 unspecified atom stereocenters. The molecule has 0 amide bonds. The minimum absolute atomic E-state index is 0.135. The van der Waals surface area contributed by atoms with Crippen LogP contribution < -0.4 is 0 Å². The smallest absolute Gasteiger partial charge is 0.302 e. The highest BCUT2D eigenvalue weighted by Gasteiger charge is 2.14. The van der Waals surface area contributed by atoms with E-state index in [1.54, 1.807) is 0 Å². The third kappa shape index (κ3) is 2.74. The van der Waals surface area contributed by atoms with Crippen molar-refractivity contribution in [3.05, 3.63) is 11.6 Å². The van der Waals surface area contributed by atoms with Crippen LogP contribution in [-0.4, -0.2) is 12.1 Å². The molecule has 11 heavy (non-hydrogen) atoms. The molecule has 0 aromatic carbocycles. The first-order chi connectivity index (χ1) is 5.18. The highest BCUT2D eigenvalue weighted by Crippen LogP contribution is 2.19. The van der Waals surface area contributed by atoms with Gasteiger partial charge in [0.05, 0.1) is 0 Å². The Labute approximate surface area is 67.2 Å². The van der Waals surface area contributed by atoms with Crippen molar-refractivity contribution >= 4 is 5.97 Å². The second kappa shape index (κ2) is 3.56. The molecule has 1 aliphatic rings. The van der Waals surface area contributed by atoms with Crippen molar-refractivity contribution in [3.8, 4) is 0 Å². The van der Waals surface area contributed by atoms with E-state index < -0.39 is 0 Å². The fourth-order valence-electron chi connectivity index (χ4n) is 1.28. The van der Waals surface area contributed by atoms with Gasteiger partial charge in [0.15, 0.2) is 0 Å². The molecular weight excluding hydrogens is 140 g/mol. The summed E-state index contributed by atoms with van der Waals surface area (Å²) in [5.74, 6) is -0.164. The molecule has 1 rings (SSSR count). The van der Waals surface area contributed by atoms with Gasteiger partial charge in [0.25, 0.3) is 0 Å². The van der Waals surface area contributed by atoms with Gasteiger partial charge in [0.1, 0.15) is 6.10 Å². The maximum Gasteiger partial charge on any atom is 0.302 e. The van der Waals surface area contributed by atoms with Crippen molar-refractivity contribution in [3.63, 3.8) is 0 Å². The minimum Gasteiger partial charge on any atom is -0.462 e. The molecule has 2 heteroatoms. The van der Waals surface area contributed by atoms with Gasteiger partial charge in [-0.2, -0.15) is 0 Å². The number of hydrogen-bond donors (Lipinski definition) is 0. The number of carbonyl (C=O) groups excluding carboxylic acids is 1. The average molecular weight is 154 g/mol. The summed E-state index contributed by atoms with van der Waals surface area (Å²) < 4.78 is 5.06. The van der Waals surface area contributed by atoms with Gasteiger partial charge in [0.2, 0.25) is 0 Å². The summed E-state index contributed by atoms with van der Waals surface area (Å²) >= 11 is 0. The standard InChI is InChI=1S/C9H14O2/c1-7-3-5-9(6-4-7)11-8(2)10/h3,9H,4-6H2,1-2H3. The Morgan fingerprint density at radius 2 is 2.45 bits per heavy atom. The van der Waals surface area contributed by atoms with Crippen LogP contribution in [0.1, 0.15) is 33.1 Å². The van der Waals surface area contributed by atoms with Gasteiger partial charge in [-0.1, -0.05) is 11.6 Å². The first-order valence-corrected chi connectivity index (χ1v) is 4.01. The van der Waals surface area contributed by atoms with E-state index in [0.29, 0.717) is 0 Å². The monoisotopic (exact) mass is 154 g/mol. The molecular formula is C9H14O2. The molecule has 1 aliphatic carbocycles. The number of allylic oxidation sites excluding steroid dienone is 1. The molecule has 0 aliphatic heterocycles. The van der Waals surface area contributed by atoms with E-state index in [-0.39, 0.29) is 12.1 Å². The highest BCUT2D eigenvalue weighted by molar-refractivity contribution is 5.66. The van der Waals surface area contributed by atoms with Crippen molar-refractivity contribution in [1.82, 2.24) is 0 Å². The van der Waals surface area contributed by atoms with Crippen molar-refractivity contribution < 1.29 is 9.53 Å². The normalized spacial score (nSPS) is 24.2. The summed E-state index contributed by atoms with van der Waals surface area (Å²) in [6, 6.07) is 0. The van der Waals surface area contributed by atoms with Crippen LogP contribution in [0.5, 0.6) is 0 Å². The van der Waals surface area contributed by atoms with Crippen molar-refractivity contribution in [1.29, 1.82) is 0 Å². The molecule has 1 atom stereocenters. The summed E-state index contributed by atoms with van der Waals surface area (Å²) in [6.45, 7) is 3.58. The van der Waals surface area contributed by atoms with Crippen LogP contribution >= 0.6 is 0 Å². The number of rotatable bonds is 1. The Balaban J connectivity index is 2.35. The van der Waals surface area contributed by atoms with E-state index in [9.17, 15) is 4.79 Å². The van der Waals surface area contributed by atoms with Gasteiger partial charge >= 0.3 is 5.97 Å². The van der Waals surface area contributed by atoms with E-state index in [0.717, 1.165) is 19.3 Å². The largest absolute Gasteiger partial charge is 0.462 e. The summed E-state index contributed by atoms with van der Waals surface area (Å²) in [5.41, 5.74) is 1.41. The quantitative estimate of drug-likeness (QED) is 0.427. The summed E-state index contributed by atoms with van der Waals surface area (Å²) in [7, 11) is 0. The van der Waals surface area contributed by atoms with Crippen LogP contribution in [0.15, 0.2) is 11.6 Å². The van der Waals surface area contributed by atoms with Crippen LogP contribution in [0.4, 0.5) is 0 Å². The topological polar surface area (TPSA) is 26.3 Å². The molecule has 0 spiro atoms. The molecule has 62 valence electrons. The van der Waals surface area contributed by atoms with Crippen LogP contribution in [0.25, 0.3) is 0 Å². The van der Waals surface area contributed by atoms with Crippen LogP contribution in [0, 0.1) is 0 Å². The summed E-state index contributed by atoms with van der Waals surface area (Å²) in [6.07, 6.45) is 5.23. The van der Waals surface area contributed by atoms with Crippen molar-refractivity contribution in [2.75, 3.05) is 0 Å². The molecule has 0 saturated heterocycles. The Bertz CT molecular complexity index is 182. The Hall–Kier alpha value is -0.790. The van der Waals surface area contributed by atoms with E-state index in [4.69, 9.17) is 4.74 Å².